The number of nitrogens with zero attached hydrogens (tertiary/aromatic N) is 2. The van der Waals surface area contributed by atoms with E-state index in [-0.39, 0.29) is 12.5 Å². The summed E-state index contributed by atoms with van der Waals surface area (Å²) in [4.78, 5) is 30.6. The zero-order valence-electron chi connectivity index (χ0n) is 13.6. The van der Waals surface area contributed by atoms with Crippen molar-refractivity contribution in [2.75, 3.05) is 18.1 Å². The molecule has 0 unspecified atom stereocenters. The summed E-state index contributed by atoms with van der Waals surface area (Å²) >= 11 is 0. The second-order valence-electron chi connectivity index (χ2n) is 4.98. The number of aryl methyl sites for hydroxylation is 1. The number of aromatic nitrogens is 1. The van der Waals surface area contributed by atoms with Crippen LogP contribution in [0.3, 0.4) is 0 Å². The summed E-state index contributed by atoms with van der Waals surface area (Å²) in [6.07, 6.45) is 1.55. The topological polar surface area (TPSA) is 59.5 Å². The number of amides is 1. The van der Waals surface area contributed by atoms with Gasteiger partial charge in [0, 0.05) is 18.4 Å². The molecule has 0 radical (unpaired) electrons. The number of pyridine rings is 1. The Labute approximate surface area is 135 Å². The molecule has 0 bridgehead atoms. The Balaban J connectivity index is 2.39. The molecule has 120 valence electrons. The highest BCUT2D eigenvalue weighted by Gasteiger charge is 2.22. The molecule has 0 saturated heterocycles. The minimum Gasteiger partial charge on any atom is -0.462 e. The highest BCUT2D eigenvalue weighted by molar-refractivity contribution is 6.09. The quantitative estimate of drug-likeness (QED) is 0.795. The molecule has 0 atom stereocenters. The fourth-order valence-corrected chi connectivity index (χ4v) is 2.26. The Morgan fingerprint density at radius 1 is 1.13 bits per heavy atom. The molecule has 0 fully saturated rings. The number of hydrogen-bond donors (Lipinski definition) is 0. The molecule has 23 heavy (non-hydrogen) atoms. The van der Waals surface area contributed by atoms with E-state index in [1.807, 2.05) is 13.8 Å². The van der Waals surface area contributed by atoms with Gasteiger partial charge in [-0.25, -0.2) is 4.79 Å². The standard InChI is InChI=1S/C18H20N2O3/c1-4-20(17(21)14-11-10-13(3)19-12-14)16-9-7-6-8-15(16)18(22)23-5-2/h6-12H,4-5H2,1-3H3. The summed E-state index contributed by atoms with van der Waals surface area (Å²) < 4.78 is 5.08. The molecule has 1 amide bonds. The molecule has 0 spiro atoms. The van der Waals surface area contributed by atoms with E-state index in [0.29, 0.717) is 23.4 Å². The van der Waals surface area contributed by atoms with E-state index < -0.39 is 5.97 Å². The van der Waals surface area contributed by atoms with Crippen LogP contribution in [0.15, 0.2) is 42.6 Å². The predicted octanol–water partition coefficient (Wildman–Crippen LogP) is 3.23. The van der Waals surface area contributed by atoms with E-state index in [2.05, 4.69) is 4.98 Å². The van der Waals surface area contributed by atoms with Gasteiger partial charge in [0.2, 0.25) is 0 Å². The SMILES string of the molecule is CCOC(=O)c1ccccc1N(CC)C(=O)c1ccc(C)nc1. The number of para-hydroxylation sites is 1. The van der Waals surface area contributed by atoms with Gasteiger partial charge in [0.25, 0.3) is 5.91 Å². The van der Waals surface area contributed by atoms with Crippen molar-refractivity contribution in [2.45, 2.75) is 20.8 Å². The zero-order valence-corrected chi connectivity index (χ0v) is 13.6. The maximum absolute atomic E-state index is 12.8. The monoisotopic (exact) mass is 312 g/mol. The van der Waals surface area contributed by atoms with Gasteiger partial charge in [-0.15, -0.1) is 0 Å². The van der Waals surface area contributed by atoms with Gasteiger partial charge >= 0.3 is 5.97 Å². The van der Waals surface area contributed by atoms with Crippen molar-refractivity contribution in [3.8, 4) is 0 Å². The highest BCUT2D eigenvalue weighted by atomic mass is 16.5. The molecule has 1 heterocycles. The van der Waals surface area contributed by atoms with Crippen molar-refractivity contribution in [3.63, 3.8) is 0 Å². The third kappa shape index (κ3) is 3.74. The molecule has 2 rings (SSSR count). The second kappa shape index (κ2) is 7.54. The fourth-order valence-electron chi connectivity index (χ4n) is 2.26. The van der Waals surface area contributed by atoms with E-state index in [9.17, 15) is 9.59 Å². The molecule has 0 aliphatic rings. The summed E-state index contributed by atoms with van der Waals surface area (Å²) in [6.45, 7) is 6.20. The third-order valence-electron chi connectivity index (χ3n) is 3.41. The minimum atomic E-state index is -0.434. The Morgan fingerprint density at radius 3 is 2.48 bits per heavy atom. The van der Waals surface area contributed by atoms with Crippen molar-refractivity contribution in [1.29, 1.82) is 0 Å². The van der Waals surface area contributed by atoms with E-state index >= 15 is 0 Å². The number of rotatable bonds is 5. The van der Waals surface area contributed by atoms with Crippen molar-refractivity contribution >= 4 is 17.6 Å². The normalized spacial score (nSPS) is 10.2. The van der Waals surface area contributed by atoms with Gasteiger partial charge in [-0.2, -0.15) is 0 Å². The van der Waals surface area contributed by atoms with Crippen LogP contribution in [-0.4, -0.2) is 30.0 Å². The van der Waals surface area contributed by atoms with Crippen LogP contribution in [0.1, 0.15) is 40.3 Å². The number of ether oxygens (including phenoxy) is 1. The zero-order chi connectivity index (χ0) is 16.8. The predicted molar refractivity (Wildman–Crippen MR) is 88.7 cm³/mol. The first-order valence-corrected chi connectivity index (χ1v) is 7.59. The first-order valence-electron chi connectivity index (χ1n) is 7.59. The van der Waals surface area contributed by atoms with Gasteiger partial charge in [-0.3, -0.25) is 9.78 Å². The van der Waals surface area contributed by atoms with Gasteiger partial charge in [-0.1, -0.05) is 12.1 Å². The number of hydrogen-bond acceptors (Lipinski definition) is 4. The van der Waals surface area contributed by atoms with E-state index in [1.54, 1.807) is 54.4 Å². The highest BCUT2D eigenvalue weighted by Crippen LogP contribution is 2.23. The van der Waals surface area contributed by atoms with Crippen molar-refractivity contribution < 1.29 is 14.3 Å². The molecule has 0 saturated carbocycles. The van der Waals surface area contributed by atoms with E-state index in [1.165, 1.54) is 0 Å². The van der Waals surface area contributed by atoms with Crippen LogP contribution in [0.25, 0.3) is 0 Å². The average Bonchev–Trinajstić information content (AvgIpc) is 2.56. The van der Waals surface area contributed by atoms with Crippen LogP contribution < -0.4 is 4.90 Å². The molecule has 1 aromatic heterocycles. The summed E-state index contributed by atoms with van der Waals surface area (Å²) in [5, 5.41) is 0. The van der Waals surface area contributed by atoms with Crippen LogP contribution in [0, 0.1) is 6.92 Å². The van der Waals surface area contributed by atoms with Crippen LogP contribution in [0.5, 0.6) is 0 Å². The second-order valence-corrected chi connectivity index (χ2v) is 4.98. The molecule has 5 heteroatoms. The lowest BCUT2D eigenvalue weighted by molar-refractivity contribution is 0.0527. The molecular formula is C18H20N2O3. The smallest absolute Gasteiger partial charge is 0.340 e. The van der Waals surface area contributed by atoms with E-state index in [4.69, 9.17) is 4.74 Å². The lowest BCUT2D eigenvalue weighted by atomic mass is 10.1. The molecule has 1 aromatic carbocycles. The van der Waals surface area contributed by atoms with Crippen molar-refractivity contribution in [1.82, 2.24) is 4.98 Å². The molecule has 2 aromatic rings. The fraction of sp³-hybridized carbons (Fsp3) is 0.278. The van der Waals surface area contributed by atoms with Crippen LogP contribution in [0.4, 0.5) is 5.69 Å². The number of esters is 1. The lowest BCUT2D eigenvalue weighted by Gasteiger charge is -2.23. The molecular weight excluding hydrogens is 292 g/mol. The first-order chi connectivity index (χ1) is 11.1. The van der Waals surface area contributed by atoms with E-state index in [0.717, 1.165) is 5.69 Å². The molecule has 0 aliphatic carbocycles. The van der Waals surface area contributed by atoms with Crippen LogP contribution in [0.2, 0.25) is 0 Å². The Bertz CT molecular complexity index is 696. The van der Waals surface area contributed by atoms with Gasteiger partial charge < -0.3 is 9.64 Å². The summed E-state index contributed by atoms with van der Waals surface area (Å²) in [5.41, 5.74) is 2.25. The Kier molecular flexibility index (Phi) is 5.46. The number of carbonyl (C=O) groups is 2. The number of benzene rings is 1. The molecule has 0 aliphatic heterocycles. The first kappa shape index (κ1) is 16.7. The summed E-state index contributed by atoms with van der Waals surface area (Å²) in [7, 11) is 0. The summed E-state index contributed by atoms with van der Waals surface area (Å²) in [5.74, 6) is -0.631. The Hall–Kier alpha value is -2.69. The largest absolute Gasteiger partial charge is 0.462 e. The van der Waals surface area contributed by atoms with Crippen molar-refractivity contribution in [2.24, 2.45) is 0 Å². The van der Waals surface area contributed by atoms with Crippen LogP contribution >= 0.6 is 0 Å². The number of anilines is 1. The average molecular weight is 312 g/mol. The van der Waals surface area contributed by atoms with Gasteiger partial charge in [-0.05, 0) is 45.0 Å². The maximum atomic E-state index is 12.8. The minimum absolute atomic E-state index is 0.197. The van der Waals surface area contributed by atoms with Gasteiger partial charge in [0.15, 0.2) is 0 Å². The van der Waals surface area contributed by atoms with Gasteiger partial charge in [0.05, 0.1) is 23.4 Å². The number of carbonyl (C=O) groups excluding carboxylic acids is 2. The van der Waals surface area contributed by atoms with Crippen LogP contribution in [-0.2, 0) is 4.74 Å². The third-order valence-corrected chi connectivity index (χ3v) is 3.41. The Morgan fingerprint density at radius 2 is 1.87 bits per heavy atom. The summed E-state index contributed by atoms with van der Waals surface area (Å²) in [6, 6.07) is 10.5. The van der Waals surface area contributed by atoms with Gasteiger partial charge in [0.1, 0.15) is 0 Å². The molecule has 0 N–H and O–H groups in total. The van der Waals surface area contributed by atoms with Crippen molar-refractivity contribution in [3.05, 3.63) is 59.4 Å². The lowest BCUT2D eigenvalue weighted by Crippen LogP contribution is -2.32. The maximum Gasteiger partial charge on any atom is 0.340 e. The molecule has 5 nitrogen and oxygen atoms in total.